The molecule has 1 amide bonds. The van der Waals surface area contributed by atoms with E-state index >= 15 is 0 Å². The van der Waals surface area contributed by atoms with E-state index in [1.54, 1.807) is 11.3 Å². The van der Waals surface area contributed by atoms with Gasteiger partial charge in [0.15, 0.2) is 0 Å². The van der Waals surface area contributed by atoms with Crippen LogP contribution in [0.3, 0.4) is 0 Å². The van der Waals surface area contributed by atoms with Crippen molar-refractivity contribution >= 4 is 38.9 Å². The molecule has 0 bridgehead atoms. The Kier molecular flexibility index (Phi) is 4.25. The van der Waals surface area contributed by atoms with Crippen molar-refractivity contribution in [3.63, 3.8) is 0 Å². The van der Waals surface area contributed by atoms with E-state index in [0.29, 0.717) is 12.4 Å². The van der Waals surface area contributed by atoms with Crippen LogP contribution in [-0.2, 0) is 0 Å². The smallest absolute Gasteiger partial charge is 0.255 e. The number of carbonyl (C=O) groups is 1. The van der Waals surface area contributed by atoms with E-state index in [1.165, 1.54) is 0 Å². The van der Waals surface area contributed by atoms with Crippen molar-refractivity contribution in [3.8, 4) is 0 Å². The minimum Gasteiger partial charge on any atom is -0.335 e. The Bertz CT molecular complexity index is 549. The van der Waals surface area contributed by atoms with Crippen LogP contribution in [0.25, 0.3) is 10.1 Å². The second-order valence-electron chi connectivity index (χ2n) is 4.43. The van der Waals surface area contributed by atoms with Gasteiger partial charge in [-0.2, -0.15) is 0 Å². The largest absolute Gasteiger partial charge is 0.335 e. The van der Waals surface area contributed by atoms with Crippen LogP contribution in [0.4, 0.5) is 0 Å². The van der Waals surface area contributed by atoms with Crippen molar-refractivity contribution in [2.24, 2.45) is 0 Å². The standard InChI is InChI=1S/C14H16ClNOS/c1-10(2)16(8-7-15)14(17)12-9-18-13-6-4-3-5-11(12)13/h3-6,9-10H,7-8H2,1-2H3. The minimum atomic E-state index is 0.0723. The van der Waals surface area contributed by atoms with Crippen LogP contribution in [0.15, 0.2) is 29.6 Å². The Morgan fingerprint density at radius 2 is 2.11 bits per heavy atom. The summed E-state index contributed by atoms with van der Waals surface area (Å²) >= 11 is 7.38. The molecule has 2 rings (SSSR count). The summed E-state index contributed by atoms with van der Waals surface area (Å²) in [6, 6.07) is 8.16. The molecular formula is C14H16ClNOS. The molecule has 0 aliphatic heterocycles. The summed E-state index contributed by atoms with van der Waals surface area (Å²) in [5, 5.41) is 2.98. The average Bonchev–Trinajstić information content (AvgIpc) is 2.78. The second kappa shape index (κ2) is 5.72. The summed E-state index contributed by atoms with van der Waals surface area (Å²) in [6.07, 6.45) is 0. The van der Waals surface area contributed by atoms with Gasteiger partial charge in [0.2, 0.25) is 0 Å². The highest BCUT2D eigenvalue weighted by atomic mass is 35.5. The maximum Gasteiger partial charge on any atom is 0.255 e. The van der Waals surface area contributed by atoms with Gasteiger partial charge in [0, 0.05) is 33.9 Å². The lowest BCUT2D eigenvalue weighted by atomic mass is 10.1. The molecule has 0 fully saturated rings. The van der Waals surface area contributed by atoms with Crippen molar-refractivity contribution in [1.29, 1.82) is 0 Å². The molecule has 4 heteroatoms. The second-order valence-corrected chi connectivity index (χ2v) is 5.72. The molecule has 0 aliphatic rings. The Morgan fingerprint density at radius 1 is 1.39 bits per heavy atom. The van der Waals surface area contributed by atoms with Gasteiger partial charge in [-0.25, -0.2) is 0 Å². The summed E-state index contributed by atoms with van der Waals surface area (Å²) in [5.41, 5.74) is 0.786. The third kappa shape index (κ3) is 2.52. The zero-order chi connectivity index (χ0) is 13.1. The number of alkyl halides is 1. The van der Waals surface area contributed by atoms with E-state index in [-0.39, 0.29) is 11.9 Å². The number of amides is 1. The van der Waals surface area contributed by atoms with Gasteiger partial charge in [0.1, 0.15) is 0 Å². The summed E-state index contributed by atoms with van der Waals surface area (Å²) in [4.78, 5) is 14.3. The maximum absolute atomic E-state index is 12.5. The molecule has 0 N–H and O–H groups in total. The van der Waals surface area contributed by atoms with Crippen LogP contribution in [0.2, 0.25) is 0 Å². The number of fused-ring (bicyclic) bond motifs is 1. The highest BCUT2D eigenvalue weighted by molar-refractivity contribution is 7.17. The highest BCUT2D eigenvalue weighted by Gasteiger charge is 2.20. The van der Waals surface area contributed by atoms with Gasteiger partial charge in [0.05, 0.1) is 5.56 Å². The van der Waals surface area contributed by atoms with Gasteiger partial charge >= 0.3 is 0 Å². The fourth-order valence-electron chi connectivity index (χ4n) is 1.98. The van der Waals surface area contributed by atoms with Crippen molar-refractivity contribution in [3.05, 3.63) is 35.2 Å². The number of thiophene rings is 1. The maximum atomic E-state index is 12.5. The molecule has 2 nitrogen and oxygen atoms in total. The Labute approximate surface area is 116 Å². The van der Waals surface area contributed by atoms with Crippen LogP contribution < -0.4 is 0 Å². The van der Waals surface area contributed by atoms with Crippen LogP contribution >= 0.6 is 22.9 Å². The number of hydrogen-bond acceptors (Lipinski definition) is 2. The van der Waals surface area contributed by atoms with Crippen LogP contribution in [0.1, 0.15) is 24.2 Å². The zero-order valence-electron chi connectivity index (χ0n) is 10.5. The van der Waals surface area contributed by atoms with E-state index in [2.05, 4.69) is 0 Å². The van der Waals surface area contributed by atoms with E-state index in [4.69, 9.17) is 11.6 Å². The number of hydrogen-bond donors (Lipinski definition) is 0. The minimum absolute atomic E-state index is 0.0723. The third-order valence-electron chi connectivity index (χ3n) is 2.92. The number of rotatable bonds is 4. The third-order valence-corrected chi connectivity index (χ3v) is 4.05. The van der Waals surface area contributed by atoms with Crippen molar-refractivity contribution in [2.45, 2.75) is 19.9 Å². The molecule has 1 aromatic carbocycles. The van der Waals surface area contributed by atoms with Crippen molar-refractivity contribution in [1.82, 2.24) is 4.90 Å². The number of nitrogens with zero attached hydrogens (tertiary/aromatic N) is 1. The lowest BCUT2D eigenvalue weighted by Gasteiger charge is -2.25. The fraction of sp³-hybridized carbons (Fsp3) is 0.357. The summed E-state index contributed by atoms with van der Waals surface area (Å²) in [7, 11) is 0. The van der Waals surface area contributed by atoms with Gasteiger partial charge in [0.25, 0.3) is 5.91 Å². The molecule has 0 atom stereocenters. The van der Waals surface area contributed by atoms with Crippen LogP contribution in [0.5, 0.6) is 0 Å². The molecule has 0 saturated heterocycles. The molecule has 18 heavy (non-hydrogen) atoms. The molecule has 0 saturated carbocycles. The lowest BCUT2D eigenvalue weighted by molar-refractivity contribution is 0.0721. The first kappa shape index (κ1) is 13.4. The Balaban J connectivity index is 2.38. The lowest BCUT2D eigenvalue weighted by Crippen LogP contribution is -2.38. The van der Waals surface area contributed by atoms with E-state index in [0.717, 1.165) is 15.6 Å². The monoisotopic (exact) mass is 281 g/mol. The molecule has 96 valence electrons. The van der Waals surface area contributed by atoms with Gasteiger partial charge < -0.3 is 4.90 Å². The van der Waals surface area contributed by atoms with Gasteiger partial charge in [-0.15, -0.1) is 22.9 Å². The number of benzene rings is 1. The molecule has 0 unspecified atom stereocenters. The quantitative estimate of drug-likeness (QED) is 0.776. The van der Waals surface area contributed by atoms with Gasteiger partial charge in [-0.05, 0) is 19.9 Å². The molecule has 0 radical (unpaired) electrons. The van der Waals surface area contributed by atoms with Crippen molar-refractivity contribution in [2.75, 3.05) is 12.4 Å². The Hall–Kier alpha value is -1.06. The normalized spacial score (nSPS) is 11.1. The highest BCUT2D eigenvalue weighted by Crippen LogP contribution is 2.27. The summed E-state index contributed by atoms with van der Waals surface area (Å²) in [6.45, 7) is 4.61. The average molecular weight is 282 g/mol. The SMILES string of the molecule is CC(C)N(CCCl)C(=O)c1csc2ccccc12. The van der Waals surface area contributed by atoms with E-state index in [1.807, 2.05) is 48.4 Å². The van der Waals surface area contributed by atoms with E-state index in [9.17, 15) is 4.79 Å². The predicted octanol–water partition coefficient (Wildman–Crippen LogP) is 3.99. The van der Waals surface area contributed by atoms with Crippen LogP contribution in [-0.4, -0.2) is 29.3 Å². The van der Waals surface area contributed by atoms with Crippen LogP contribution in [0, 0.1) is 0 Å². The van der Waals surface area contributed by atoms with Crippen molar-refractivity contribution < 1.29 is 4.79 Å². The van der Waals surface area contributed by atoms with Gasteiger partial charge in [-0.1, -0.05) is 18.2 Å². The van der Waals surface area contributed by atoms with Gasteiger partial charge in [-0.3, -0.25) is 4.79 Å². The zero-order valence-corrected chi connectivity index (χ0v) is 12.1. The molecule has 0 spiro atoms. The fourth-order valence-corrected chi connectivity index (χ4v) is 3.10. The summed E-state index contributed by atoms with van der Waals surface area (Å²) in [5.74, 6) is 0.537. The van der Waals surface area contributed by atoms with E-state index < -0.39 is 0 Å². The molecular weight excluding hydrogens is 266 g/mol. The number of carbonyl (C=O) groups excluding carboxylic acids is 1. The first-order chi connectivity index (χ1) is 8.65. The molecule has 2 aromatic rings. The Morgan fingerprint density at radius 3 is 2.78 bits per heavy atom. The predicted molar refractivity (Wildman–Crippen MR) is 78.7 cm³/mol. The molecule has 1 aromatic heterocycles. The molecule has 1 heterocycles. The summed E-state index contributed by atoms with van der Waals surface area (Å²) < 4.78 is 1.15. The topological polar surface area (TPSA) is 20.3 Å². The number of halogens is 1. The first-order valence-electron chi connectivity index (χ1n) is 5.98. The molecule has 0 aliphatic carbocycles. The first-order valence-corrected chi connectivity index (χ1v) is 7.39.